The van der Waals surface area contributed by atoms with Crippen molar-refractivity contribution in [2.45, 2.75) is 25.9 Å². The Kier molecular flexibility index (Phi) is 4.42. The quantitative estimate of drug-likeness (QED) is 0.883. The van der Waals surface area contributed by atoms with Gasteiger partial charge in [0.2, 0.25) is 0 Å². The summed E-state index contributed by atoms with van der Waals surface area (Å²) in [6, 6.07) is 1.73. The Balaban J connectivity index is 2.08. The van der Waals surface area contributed by atoms with Crippen LogP contribution >= 0.6 is 0 Å². The van der Waals surface area contributed by atoms with E-state index in [1.165, 1.54) is 0 Å². The molecule has 0 bridgehead atoms. The number of aliphatic hydroxyl groups excluding tert-OH is 1. The van der Waals surface area contributed by atoms with Crippen LogP contribution in [0, 0.1) is 5.92 Å². The normalized spacial score (nSPS) is 23.2. The predicted molar refractivity (Wildman–Crippen MR) is 71.7 cm³/mol. The SMILES string of the molecule is CCCOc1cncc(C(O)C2CCS(=O)(=O)C2)c1. The number of hydrogen-bond donors (Lipinski definition) is 1. The van der Waals surface area contributed by atoms with Gasteiger partial charge in [-0.1, -0.05) is 6.92 Å². The van der Waals surface area contributed by atoms with Crippen molar-refractivity contribution in [1.82, 2.24) is 4.98 Å². The lowest BCUT2D eigenvalue weighted by Crippen LogP contribution is -2.14. The second-order valence-electron chi connectivity index (χ2n) is 4.91. The van der Waals surface area contributed by atoms with Gasteiger partial charge in [0.1, 0.15) is 5.75 Å². The van der Waals surface area contributed by atoms with E-state index in [9.17, 15) is 13.5 Å². The Morgan fingerprint density at radius 1 is 1.53 bits per heavy atom. The molecule has 0 amide bonds. The highest BCUT2D eigenvalue weighted by Gasteiger charge is 2.33. The van der Waals surface area contributed by atoms with Gasteiger partial charge in [-0.3, -0.25) is 4.98 Å². The van der Waals surface area contributed by atoms with E-state index in [0.717, 1.165) is 6.42 Å². The molecule has 0 radical (unpaired) electrons. The Morgan fingerprint density at radius 3 is 2.95 bits per heavy atom. The van der Waals surface area contributed by atoms with Gasteiger partial charge in [0.15, 0.2) is 9.84 Å². The van der Waals surface area contributed by atoms with Crippen LogP contribution < -0.4 is 4.74 Å². The average Bonchev–Trinajstić information content (AvgIpc) is 2.76. The second kappa shape index (κ2) is 5.88. The van der Waals surface area contributed by atoms with Crippen LogP contribution in [0.5, 0.6) is 5.75 Å². The van der Waals surface area contributed by atoms with Gasteiger partial charge in [-0.2, -0.15) is 0 Å². The largest absolute Gasteiger partial charge is 0.492 e. The first-order chi connectivity index (χ1) is 9.02. The fourth-order valence-corrected chi connectivity index (χ4v) is 4.07. The van der Waals surface area contributed by atoms with Crippen molar-refractivity contribution in [3.63, 3.8) is 0 Å². The van der Waals surface area contributed by atoms with Crippen LogP contribution in [0.2, 0.25) is 0 Å². The topological polar surface area (TPSA) is 76.5 Å². The third kappa shape index (κ3) is 3.67. The Hall–Kier alpha value is -1.14. The van der Waals surface area contributed by atoms with Crippen molar-refractivity contribution in [3.8, 4) is 5.75 Å². The van der Waals surface area contributed by atoms with E-state index in [-0.39, 0.29) is 17.4 Å². The number of sulfone groups is 1. The highest BCUT2D eigenvalue weighted by atomic mass is 32.2. The van der Waals surface area contributed by atoms with E-state index in [4.69, 9.17) is 4.74 Å². The molecule has 0 spiro atoms. The third-order valence-corrected chi connectivity index (χ3v) is 5.06. The number of aliphatic hydroxyl groups is 1. The molecule has 0 saturated carbocycles. The fourth-order valence-electron chi connectivity index (χ4n) is 2.24. The van der Waals surface area contributed by atoms with Crippen LogP contribution in [0.4, 0.5) is 0 Å². The number of aromatic nitrogens is 1. The molecule has 6 heteroatoms. The van der Waals surface area contributed by atoms with Gasteiger partial charge in [0.25, 0.3) is 0 Å². The Morgan fingerprint density at radius 2 is 2.32 bits per heavy atom. The van der Waals surface area contributed by atoms with Gasteiger partial charge < -0.3 is 9.84 Å². The lowest BCUT2D eigenvalue weighted by Gasteiger charge is -2.17. The average molecular weight is 285 g/mol. The molecule has 1 aliphatic heterocycles. The van der Waals surface area contributed by atoms with Crippen molar-refractivity contribution in [1.29, 1.82) is 0 Å². The number of nitrogens with zero attached hydrogens (tertiary/aromatic N) is 1. The monoisotopic (exact) mass is 285 g/mol. The lowest BCUT2D eigenvalue weighted by atomic mass is 9.96. The Bertz CT molecular complexity index is 529. The minimum Gasteiger partial charge on any atom is -0.492 e. The first kappa shape index (κ1) is 14.3. The molecular formula is C13H19NO4S. The number of rotatable bonds is 5. The summed E-state index contributed by atoms with van der Waals surface area (Å²) in [7, 11) is -2.98. The molecule has 1 fully saturated rings. The van der Waals surface area contributed by atoms with Crippen LogP contribution in [0.1, 0.15) is 31.4 Å². The van der Waals surface area contributed by atoms with E-state index in [0.29, 0.717) is 24.3 Å². The zero-order valence-corrected chi connectivity index (χ0v) is 11.8. The molecule has 2 unspecified atom stereocenters. The molecule has 106 valence electrons. The first-order valence-electron chi connectivity index (χ1n) is 6.48. The van der Waals surface area contributed by atoms with E-state index in [2.05, 4.69) is 4.98 Å². The van der Waals surface area contributed by atoms with Crippen LogP contribution in [-0.4, -0.2) is 36.6 Å². The summed E-state index contributed by atoms with van der Waals surface area (Å²) < 4.78 is 28.3. The van der Waals surface area contributed by atoms with Gasteiger partial charge in [0, 0.05) is 17.7 Å². The van der Waals surface area contributed by atoms with Gasteiger partial charge in [0.05, 0.1) is 30.4 Å². The molecule has 2 atom stereocenters. The molecule has 0 aromatic carbocycles. The summed E-state index contributed by atoms with van der Waals surface area (Å²) in [5, 5.41) is 10.2. The van der Waals surface area contributed by atoms with E-state index in [1.54, 1.807) is 18.5 Å². The summed E-state index contributed by atoms with van der Waals surface area (Å²) in [5.74, 6) is 0.579. The molecule has 19 heavy (non-hydrogen) atoms. The summed E-state index contributed by atoms with van der Waals surface area (Å²) in [6.07, 6.45) is 3.76. The molecule has 2 rings (SSSR count). The van der Waals surface area contributed by atoms with Crippen LogP contribution in [0.25, 0.3) is 0 Å². The van der Waals surface area contributed by atoms with E-state index >= 15 is 0 Å². The summed E-state index contributed by atoms with van der Waals surface area (Å²) in [6.45, 7) is 2.61. The van der Waals surface area contributed by atoms with Crippen molar-refractivity contribution in [2.24, 2.45) is 5.92 Å². The minimum absolute atomic E-state index is 0.0498. The maximum absolute atomic E-state index is 11.4. The predicted octanol–water partition coefficient (Wildman–Crippen LogP) is 1.34. The minimum atomic E-state index is -2.98. The van der Waals surface area contributed by atoms with Gasteiger partial charge in [-0.15, -0.1) is 0 Å². The van der Waals surface area contributed by atoms with Gasteiger partial charge >= 0.3 is 0 Å². The maximum atomic E-state index is 11.4. The number of hydrogen-bond acceptors (Lipinski definition) is 5. The summed E-state index contributed by atoms with van der Waals surface area (Å²) >= 11 is 0. The highest BCUT2D eigenvalue weighted by molar-refractivity contribution is 7.91. The summed E-state index contributed by atoms with van der Waals surface area (Å²) in [4.78, 5) is 4.03. The van der Waals surface area contributed by atoms with E-state index < -0.39 is 15.9 Å². The molecule has 5 nitrogen and oxygen atoms in total. The van der Waals surface area contributed by atoms with Crippen LogP contribution in [0.15, 0.2) is 18.5 Å². The maximum Gasteiger partial charge on any atom is 0.150 e. The second-order valence-corrected chi connectivity index (χ2v) is 7.14. The lowest BCUT2D eigenvalue weighted by molar-refractivity contribution is 0.120. The van der Waals surface area contributed by atoms with Crippen LogP contribution in [0.3, 0.4) is 0 Å². The van der Waals surface area contributed by atoms with Crippen molar-refractivity contribution in [3.05, 3.63) is 24.0 Å². The highest BCUT2D eigenvalue weighted by Crippen LogP contribution is 2.32. The first-order valence-corrected chi connectivity index (χ1v) is 8.30. The third-order valence-electron chi connectivity index (χ3n) is 3.26. The van der Waals surface area contributed by atoms with Gasteiger partial charge in [-0.25, -0.2) is 8.42 Å². The molecule has 2 heterocycles. The van der Waals surface area contributed by atoms with Gasteiger partial charge in [-0.05, 0) is 18.9 Å². The van der Waals surface area contributed by atoms with Crippen molar-refractivity contribution in [2.75, 3.05) is 18.1 Å². The molecule has 1 aliphatic rings. The molecule has 1 N–H and O–H groups in total. The smallest absolute Gasteiger partial charge is 0.150 e. The molecule has 0 aliphatic carbocycles. The molecule has 1 saturated heterocycles. The summed E-state index contributed by atoms with van der Waals surface area (Å²) in [5.41, 5.74) is 0.621. The molecule has 1 aromatic rings. The van der Waals surface area contributed by atoms with Crippen LogP contribution in [-0.2, 0) is 9.84 Å². The standard InChI is InChI=1S/C13H19NO4S/c1-2-4-18-12-6-11(7-14-8-12)13(15)10-3-5-19(16,17)9-10/h6-8,10,13,15H,2-5,9H2,1H3. The number of ether oxygens (including phenoxy) is 1. The van der Waals surface area contributed by atoms with Crippen molar-refractivity contribution >= 4 is 9.84 Å². The Labute approximate surface area is 113 Å². The van der Waals surface area contributed by atoms with Crippen molar-refractivity contribution < 1.29 is 18.3 Å². The fraction of sp³-hybridized carbons (Fsp3) is 0.615. The van der Waals surface area contributed by atoms with E-state index in [1.807, 2.05) is 6.92 Å². The molecular weight excluding hydrogens is 266 g/mol. The number of pyridine rings is 1. The molecule has 1 aromatic heterocycles. The zero-order valence-electron chi connectivity index (χ0n) is 10.9. The zero-order chi connectivity index (χ0) is 13.9.